The highest BCUT2D eigenvalue weighted by Crippen LogP contribution is 2.56. The Morgan fingerprint density at radius 2 is 1.30 bits per heavy atom. The predicted octanol–water partition coefficient (Wildman–Crippen LogP) is 6.87. The van der Waals surface area contributed by atoms with E-state index < -0.39 is 85.6 Å². The number of amides is 2. The van der Waals surface area contributed by atoms with Crippen molar-refractivity contribution in [2.24, 2.45) is 5.92 Å². The van der Waals surface area contributed by atoms with Crippen LogP contribution in [0.2, 0.25) is 0 Å². The highest BCUT2D eigenvalue weighted by molar-refractivity contribution is 7.92. The molecule has 16 heteroatoms. The van der Waals surface area contributed by atoms with E-state index in [4.69, 9.17) is 0 Å². The fourth-order valence-electron chi connectivity index (χ4n) is 7.04. The van der Waals surface area contributed by atoms with Crippen LogP contribution in [0.3, 0.4) is 0 Å². The van der Waals surface area contributed by atoms with E-state index in [1.54, 1.807) is 0 Å². The molecule has 0 N–H and O–H groups in total. The van der Waals surface area contributed by atoms with Crippen LogP contribution in [0.4, 0.5) is 39.5 Å². The van der Waals surface area contributed by atoms with Crippen molar-refractivity contribution in [2.75, 3.05) is 26.2 Å². The molecule has 1 saturated carbocycles. The van der Waals surface area contributed by atoms with Crippen LogP contribution in [-0.2, 0) is 36.0 Å². The first kappa shape index (κ1) is 37.2. The lowest BCUT2D eigenvalue weighted by Crippen LogP contribution is -2.55. The van der Waals surface area contributed by atoms with Crippen LogP contribution in [0, 0.1) is 23.4 Å². The molecule has 0 unspecified atom stereocenters. The molecule has 3 aromatic carbocycles. The van der Waals surface area contributed by atoms with E-state index in [0.717, 1.165) is 42.5 Å². The van der Waals surface area contributed by atoms with Gasteiger partial charge >= 0.3 is 12.4 Å². The zero-order chi connectivity index (χ0) is 36.9. The molecular weight excluding hydrogens is 703 g/mol. The van der Waals surface area contributed by atoms with Crippen molar-refractivity contribution >= 4 is 21.7 Å². The Morgan fingerprint density at radius 3 is 1.80 bits per heavy atom. The second-order valence-electron chi connectivity index (χ2n) is 12.6. The molecule has 2 fully saturated rings. The molecule has 5 rings (SSSR count). The number of sulfone groups is 1. The summed E-state index contributed by atoms with van der Waals surface area (Å²) in [4.78, 5) is 28.0. The van der Waals surface area contributed by atoms with Gasteiger partial charge in [-0.1, -0.05) is 30.3 Å². The highest BCUT2D eigenvalue weighted by Gasteiger charge is 2.71. The van der Waals surface area contributed by atoms with Crippen LogP contribution < -0.4 is 0 Å². The van der Waals surface area contributed by atoms with Crippen LogP contribution in [0.1, 0.15) is 42.9 Å². The van der Waals surface area contributed by atoms with Crippen molar-refractivity contribution in [1.29, 1.82) is 0 Å². The molecule has 1 aliphatic heterocycles. The van der Waals surface area contributed by atoms with Gasteiger partial charge < -0.3 is 9.80 Å². The lowest BCUT2D eigenvalue weighted by Gasteiger charge is -2.38. The summed E-state index contributed by atoms with van der Waals surface area (Å²) in [5, 5.41) is 0. The first-order valence-electron chi connectivity index (χ1n) is 15.5. The summed E-state index contributed by atoms with van der Waals surface area (Å²) in [7, 11) is -4.59. The summed E-state index contributed by atoms with van der Waals surface area (Å²) in [6, 6.07) is 8.00. The first-order chi connectivity index (χ1) is 23.2. The Labute approximate surface area is 281 Å². The molecule has 0 spiro atoms. The van der Waals surface area contributed by atoms with Crippen LogP contribution in [0.25, 0.3) is 0 Å². The molecule has 1 aliphatic carbocycles. The molecule has 0 bridgehead atoms. The van der Waals surface area contributed by atoms with Crippen molar-refractivity contribution in [2.45, 2.75) is 60.0 Å². The molecule has 2 atom stereocenters. The molecule has 0 aromatic heterocycles. The standard InChI is InChI=1S/C34H31F9N2O4S/c1-21(46)44-15-17-45(18-16-44)30(47)22-13-14-31(19-22,50(48,49)26-11-9-25(35)10-12-26)23-5-7-24(8-6-23)32(33(38,39)40,34(41,42)43)20-27-28(36)3-2-4-29(27)37/h2-12,22H,13-20H2,1H3/t22-,31-/m1/s1. The lowest BCUT2D eigenvalue weighted by molar-refractivity contribution is -0.303. The Balaban J connectivity index is 1.60. The number of alkyl halides is 6. The molecule has 2 amide bonds. The molecule has 2 aliphatic rings. The second kappa shape index (κ2) is 13.2. The van der Waals surface area contributed by atoms with Gasteiger partial charge in [-0.05, 0) is 66.8 Å². The maximum absolute atomic E-state index is 14.7. The molecule has 6 nitrogen and oxygen atoms in total. The Morgan fingerprint density at radius 1 is 0.780 bits per heavy atom. The SMILES string of the molecule is CC(=O)N1CCN(C(=O)[C@@H]2CC[C@@](c3ccc(C(Cc4c(F)cccc4F)(C(F)(F)F)C(F)(F)F)cc3)(S(=O)(=O)c3ccc(F)cc3)C2)CC1. The van der Waals surface area contributed by atoms with E-state index in [-0.39, 0.29) is 55.4 Å². The third-order valence-electron chi connectivity index (χ3n) is 9.87. The summed E-state index contributed by atoms with van der Waals surface area (Å²) < 4.78 is 157. The first-order valence-corrected chi connectivity index (χ1v) is 17.0. The van der Waals surface area contributed by atoms with Crippen LogP contribution in [0.15, 0.2) is 71.6 Å². The number of halogens is 9. The maximum atomic E-state index is 14.7. The zero-order valence-corrected chi connectivity index (χ0v) is 27.2. The molecule has 50 heavy (non-hydrogen) atoms. The number of rotatable bonds is 7. The van der Waals surface area contributed by atoms with E-state index in [2.05, 4.69) is 0 Å². The van der Waals surface area contributed by atoms with Crippen molar-refractivity contribution in [3.63, 3.8) is 0 Å². The van der Waals surface area contributed by atoms with Crippen molar-refractivity contribution in [3.8, 4) is 0 Å². The van der Waals surface area contributed by atoms with Gasteiger partial charge in [-0.2, -0.15) is 26.3 Å². The Hall–Kier alpha value is -4.08. The van der Waals surface area contributed by atoms with Crippen LogP contribution in [-0.4, -0.2) is 68.6 Å². The fraction of sp³-hybridized carbons (Fsp3) is 0.412. The third kappa shape index (κ3) is 6.35. The molecule has 3 aromatic rings. The van der Waals surface area contributed by atoms with Crippen LogP contribution >= 0.6 is 0 Å². The fourth-order valence-corrected chi connectivity index (χ4v) is 9.24. The molecule has 1 heterocycles. The number of carbonyl (C=O) groups excluding carboxylic acids is 2. The average Bonchev–Trinajstić information content (AvgIpc) is 3.51. The Kier molecular flexibility index (Phi) is 9.84. The van der Waals surface area contributed by atoms with Gasteiger partial charge in [-0.25, -0.2) is 21.6 Å². The summed E-state index contributed by atoms with van der Waals surface area (Å²) >= 11 is 0. The molecule has 0 radical (unpaired) electrons. The van der Waals surface area contributed by atoms with Gasteiger partial charge in [-0.3, -0.25) is 9.59 Å². The normalized spacial score (nSPS) is 20.6. The van der Waals surface area contributed by atoms with Gasteiger partial charge in [0.1, 0.15) is 22.2 Å². The molecule has 1 saturated heterocycles. The molecule has 270 valence electrons. The maximum Gasteiger partial charge on any atom is 0.407 e. The average molecular weight is 735 g/mol. The van der Waals surface area contributed by atoms with Crippen molar-refractivity contribution < 1.29 is 57.5 Å². The smallest absolute Gasteiger partial charge is 0.339 e. The van der Waals surface area contributed by atoms with Gasteiger partial charge in [0.15, 0.2) is 15.3 Å². The largest absolute Gasteiger partial charge is 0.407 e. The molecular formula is C34H31F9N2O4S. The highest BCUT2D eigenvalue weighted by atomic mass is 32.2. The van der Waals surface area contributed by atoms with Gasteiger partial charge in [-0.15, -0.1) is 0 Å². The lowest BCUT2D eigenvalue weighted by atomic mass is 9.73. The van der Waals surface area contributed by atoms with E-state index in [1.165, 1.54) is 16.7 Å². The number of hydrogen-bond acceptors (Lipinski definition) is 4. The van der Waals surface area contributed by atoms with E-state index in [1.807, 2.05) is 0 Å². The van der Waals surface area contributed by atoms with E-state index in [0.29, 0.717) is 24.3 Å². The number of carbonyl (C=O) groups is 2. The predicted molar refractivity (Wildman–Crippen MR) is 162 cm³/mol. The summed E-state index contributed by atoms with van der Waals surface area (Å²) in [6.07, 6.45) is -15.1. The number of piperazine rings is 1. The van der Waals surface area contributed by atoms with Gasteiger partial charge in [0.05, 0.1) is 4.90 Å². The zero-order valence-electron chi connectivity index (χ0n) is 26.4. The minimum absolute atomic E-state index is 0.0183. The topological polar surface area (TPSA) is 74.8 Å². The second-order valence-corrected chi connectivity index (χ2v) is 14.8. The summed E-state index contributed by atoms with van der Waals surface area (Å²) in [5.41, 5.74) is -7.91. The number of nitrogens with zero attached hydrogens (tertiary/aromatic N) is 2. The minimum atomic E-state index is -6.13. The van der Waals surface area contributed by atoms with E-state index >= 15 is 0 Å². The number of hydrogen-bond donors (Lipinski definition) is 0. The van der Waals surface area contributed by atoms with Gasteiger partial charge in [0, 0.05) is 51.0 Å². The monoisotopic (exact) mass is 734 g/mol. The van der Waals surface area contributed by atoms with Gasteiger partial charge in [0.2, 0.25) is 11.8 Å². The Bertz CT molecular complexity index is 1820. The van der Waals surface area contributed by atoms with E-state index in [9.17, 15) is 57.5 Å². The summed E-state index contributed by atoms with van der Waals surface area (Å²) in [6.45, 7) is 2.19. The third-order valence-corrected chi connectivity index (χ3v) is 12.4. The van der Waals surface area contributed by atoms with Gasteiger partial charge in [0.25, 0.3) is 0 Å². The quantitative estimate of drug-likeness (QED) is 0.196. The minimum Gasteiger partial charge on any atom is -0.339 e. The van der Waals surface area contributed by atoms with Crippen molar-refractivity contribution in [1.82, 2.24) is 9.80 Å². The van der Waals surface area contributed by atoms with Crippen molar-refractivity contribution in [3.05, 3.63) is 101 Å². The number of benzene rings is 3. The van der Waals surface area contributed by atoms with Crippen LogP contribution in [0.5, 0.6) is 0 Å². The summed E-state index contributed by atoms with van der Waals surface area (Å²) in [5.74, 6) is -5.55.